The van der Waals surface area contributed by atoms with Gasteiger partial charge in [-0.2, -0.15) is 0 Å². The molecule has 27 heavy (non-hydrogen) atoms. The molecule has 0 aliphatic heterocycles. The van der Waals surface area contributed by atoms with E-state index in [1.807, 2.05) is 0 Å². The minimum atomic E-state index is -0.876. The Hall–Kier alpha value is -3.69. The maximum Gasteiger partial charge on any atom is 0.333 e. The van der Waals surface area contributed by atoms with Crippen LogP contribution in [0.1, 0.15) is 0 Å². The molecule has 2 heterocycles. The van der Waals surface area contributed by atoms with E-state index in [0.717, 1.165) is 4.57 Å². The summed E-state index contributed by atoms with van der Waals surface area (Å²) in [5.41, 5.74) is -0.382. The predicted octanol–water partition coefficient (Wildman–Crippen LogP) is -0.384. The lowest BCUT2D eigenvalue weighted by atomic mass is 10.3. The highest BCUT2D eigenvalue weighted by Crippen LogP contribution is 2.05. The van der Waals surface area contributed by atoms with E-state index in [2.05, 4.69) is 10.3 Å². The Bertz CT molecular complexity index is 1130. The summed E-state index contributed by atoms with van der Waals surface area (Å²) in [6, 6.07) is 8.67. The van der Waals surface area contributed by atoms with Gasteiger partial charge in [0.25, 0.3) is 11.5 Å². The number of rotatable bonds is 5. The molecule has 0 atom stereocenters. The number of carbonyl (C=O) groups excluding carboxylic acids is 2. The number of ether oxygens (including phenoxy) is 1. The van der Waals surface area contributed by atoms with E-state index in [1.165, 1.54) is 22.5 Å². The number of imidazole rings is 1. The summed E-state index contributed by atoms with van der Waals surface area (Å²) >= 11 is 0. The number of carbonyl (C=O) groups is 2. The highest BCUT2D eigenvalue weighted by atomic mass is 16.5. The van der Waals surface area contributed by atoms with Crippen LogP contribution in [0.3, 0.4) is 0 Å². The van der Waals surface area contributed by atoms with Crippen molar-refractivity contribution >= 4 is 28.7 Å². The SMILES string of the molecule is Cn1cnc2c1c(=O)n(CC(=O)OCC(=O)Nc1ccccc1)c(=O)n2C. The molecule has 0 aliphatic carbocycles. The zero-order chi connectivity index (χ0) is 19.6. The zero-order valence-corrected chi connectivity index (χ0v) is 14.7. The number of hydrogen-bond acceptors (Lipinski definition) is 6. The fraction of sp³-hybridized carbons (Fsp3) is 0.235. The van der Waals surface area contributed by atoms with Gasteiger partial charge in [0.2, 0.25) is 0 Å². The lowest BCUT2D eigenvalue weighted by Gasteiger charge is -2.09. The van der Waals surface area contributed by atoms with Gasteiger partial charge in [-0.25, -0.2) is 14.3 Å². The number of nitrogens with zero attached hydrogens (tertiary/aromatic N) is 4. The predicted molar refractivity (Wildman–Crippen MR) is 96.2 cm³/mol. The molecule has 2 aromatic heterocycles. The third-order valence-electron chi connectivity index (χ3n) is 3.91. The summed E-state index contributed by atoms with van der Waals surface area (Å²) in [6.45, 7) is -1.14. The molecule has 0 saturated heterocycles. The Balaban J connectivity index is 1.71. The van der Waals surface area contributed by atoms with Gasteiger partial charge in [-0.05, 0) is 12.1 Å². The van der Waals surface area contributed by atoms with Gasteiger partial charge in [-0.15, -0.1) is 0 Å². The molecular formula is C17H17N5O5. The van der Waals surface area contributed by atoms with Crippen LogP contribution in [0.4, 0.5) is 5.69 Å². The van der Waals surface area contributed by atoms with Crippen molar-refractivity contribution in [3.63, 3.8) is 0 Å². The van der Waals surface area contributed by atoms with Gasteiger partial charge in [0.05, 0.1) is 6.33 Å². The topological polar surface area (TPSA) is 117 Å². The molecule has 10 nitrogen and oxygen atoms in total. The van der Waals surface area contributed by atoms with Crippen LogP contribution in [0.15, 0.2) is 46.2 Å². The molecule has 0 unspecified atom stereocenters. The number of fused-ring (bicyclic) bond motifs is 1. The molecule has 3 aromatic rings. The molecule has 1 N–H and O–H groups in total. The number of para-hydroxylation sites is 1. The highest BCUT2D eigenvalue weighted by Gasteiger charge is 2.18. The van der Waals surface area contributed by atoms with E-state index in [0.29, 0.717) is 5.69 Å². The number of benzene rings is 1. The van der Waals surface area contributed by atoms with E-state index in [9.17, 15) is 19.2 Å². The van der Waals surface area contributed by atoms with Gasteiger partial charge >= 0.3 is 11.7 Å². The van der Waals surface area contributed by atoms with Crippen LogP contribution < -0.4 is 16.6 Å². The second-order valence-electron chi connectivity index (χ2n) is 5.84. The highest BCUT2D eigenvalue weighted by molar-refractivity contribution is 5.92. The fourth-order valence-electron chi connectivity index (χ4n) is 2.58. The lowest BCUT2D eigenvalue weighted by molar-refractivity contribution is -0.148. The molecule has 0 saturated carbocycles. The van der Waals surface area contributed by atoms with E-state index in [-0.39, 0.29) is 11.2 Å². The van der Waals surface area contributed by atoms with Crippen LogP contribution in [-0.2, 0) is 35.0 Å². The minimum Gasteiger partial charge on any atom is -0.454 e. The summed E-state index contributed by atoms with van der Waals surface area (Å²) in [5, 5.41) is 2.56. The number of aromatic nitrogens is 4. The van der Waals surface area contributed by atoms with Crippen molar-refractivity contribution in [1.29, 1.82) is 0 Å². The van der Waals surface area contributed by atoms with E-state index >= 15 is 0 Å². The Kier molecular flexibility index (Phi) is 4.88. The van der Waals surface area contributed by atoms with Crippen LogP contribution in [0.5, 0.6) is 0 Å². The van der Waals surface area contributed by atoms with Gasteiger partial charge in [0.1, 0.15) is 6.54 Å². The Morgan fingerprint density at radius 3 is 2.56 bits per heavy atom. The molecule has 0 radical (unpaired) electrons. The fourth-order valence-corrected chi connectivity index (χ4v) is 2.58. The molecule has 1 amide bonds. The average Bonchev–Trinajstić information content (AvgIpc) is 3.04. The Labute approximate surface area is 152 Å². The van der Waals surface area contributed by atoms with Gasteiger partial charge < -0.3 is 14.6 Å². The molecule has 10 heteroatoms. The van der Waals surface area contributed by atoms with Crippen LogP contribution in [0, 0.1) is 0 Å². The van der Waals surface area contributed by atoms with Crippen molar-refractivity contribution in [2.24, 2.45) is 14.1 Å². The van der Waals surface area contributed by atoms with Gasteiger partial charge in [0, 0.05) is 19.8 Å². The zero-order valence-electron chi connectivity index (χ0n) is 14.7. The maximum atomic E-state index is 12.5. The molecule has 0 aliphatic rings. The molecular weight excluding hydrogens is 354 g/mol. The first kappa shape index (κ1) is 18.1. The van der Waals surface area contributed by atoms with E-state index < -0.39 is 36.3 Å². The first-order chi connectivity index (χ1) is 12.9. The third kappa shape index (κ3) is 3.64. The Morgan fingerprint density at radius 1 is 1.15 bits per heavy atom. The summed E-state index contributed by atoms with van der Waals surface area (Å²) < 4.78 is 8.26. The van der Waals surface area contributed by atoms with Crippen LogP contribution in [0.25, 0.3) is 11.2 Å². The van der Waals surface area contributed by atoms with Crippen molar-refractivity contribution in [1.82, 2.24) is 18.7 Å². The van der Waals surface area contributed by atoms with Gasteiger partial charge in [-0.3, -0.25) is 19.0 Å². The van der Waals surface area contributed by atoms with E-state index in [4.69, 9.17) is 4.74 Å². The smallest absolute Gasteiger partial charge is 0.333 e. The normalized spacial score (nSPS) is 10.7. The van der Waals surface area contributed by atoms with Crippen molar-refractivity contribution in [3.8, 4) is 0 Å². The largest absolute Gasteiger partial charge is 0.454 e. The molecule has 3 rings (SSSR count). The standard InChI is InChI=1S/C17H17N5O5/c1-20-10-18-15-14(20)16(25)22(17(26)21(15)2)8-13(24)27-9-12(23)19-11-6-4-3-5-7-11/h3-7,10H,8-9H2,1-2H3,(H,19,23). The van der Waals surface area contributed by atoms with E-state index in [1.54, 1.807) is 37.4 Å². The summed E-state index contributed by atoms with van der Waals surface area (Å²) in [6.07, 6.45) is 1.40. The monoisotopic (exact) mass is 371 g/mol. The summed E-state index contributed by atoms with van der Waals surface area (Å²) in [7, 11) is 3.06. The van der Waals surface area contributed by atoms with Crippen LogP contribution in [-0.4, -0.2) is 37.2 Å². The van der Waals surface area contributed by atoms with Crippen LogP contribution >= 0.6 is 0 Å². The third-order valence-corrected chi connectivity index (χ3v) is 3.91. The minimum absolute atomic E-state index is 0.187. The molecule has 1 aromatic carbocycles. The molecule has 0 bridgehead atoms. The Morgan fingerprint density at radius 2 is 1.85 bits per heavy atom. The van der Waals surface area contributed by atoms with Crippen molar-refractivity contribution in [2.75, 3.05) is 11.9 Å². The molecule has 140 valence electrons. The second-order valence-corrected chi connectivity index (χ2v) is 5.84. The van der Waals surface area contributed by atoms with Crippen molar-refractivity contribution < 1.29 is 14.3 Å². The lowest BCUT2D eigenvalue weighted by Crippen LogP contribution is -2.41. The van der Waals surface area contributed by atoms with Crippen LogP contribution in [0.2, 0.25) is 0 Å². The van der Waals surface area contributed by atoms with Gasteiger partial charge in [0.15, 0.2) is 17.8 Å². The number of esters is 1. The van der Waals surface area contributed by atoms with Crippen molar-refractivity contribution in [2.45, 2.75) is 6.54 Å². The number of amides is 1. The second kappa shape index (κ2) is 7.28. The number of anilines is 1. The van der Waals surface area contributed by atoms with Gasteiger partial charge in [-0.1, -0.05) is 18.2 Å². The summed E-state index contributed by atoms with van der Waals surface area (Å²) in [4.78, 5) is 52.6. The number of hydrogen-bond donors (Lipinski definition) is 1. The maximum absolute atomic E-state index is 12.5. The number of aryl methyl sites for hydroxylation is 2. The first-order valence-corrected chi connectivity index (χ1v) is 8.00. The number of nitrogens with one attached hydrogen (secondary N) is 1. The summed E-state index contributed by atoms with van der Waals surface area (Å²) in [5.74, 6) is -1.41. The quantitative estimate of drug-likeness (QED) is 0.611. The van der Waals surface area contributed by atoms with Crippen molar-refractivity contribution in [3.05, 3.63) is 57.5 Å². The molecule has 0 spiro atoms. The first-order valence-electron chi connectivity index (χ1n) is 8.00. The molecule has 0 fully saturated rings. The average molecular weight is 371 g/mol.